The molecule has 0 bridgehead atoms. The van der Waals surface area contributed by atoms with Crippen molar-refractivity contribution in [1.29, 1.82) is 0 Å². The fourth-order valence-electron chi connectivity index (χ4n) is 3.13. The van der Waals surface area contributed by atoms with Crippen LogP contribution in [0.2, 0.25) is 0 Å². The Morgan fingerprint density at radius 3 is 2.52 bits per heavy atom. The maximum atomic E-state index is 13.6. The Morgan fingerprint density at radius 1 is 1.19 bits per heavy atom. The van der Waals surface area contributed by atoms with E-state index in [4.69, 9.17) is 5.14 Å². The molecule has 0 radical (unpaired) electrons. The van der Waals surface area contributed by atoms with E-state index in [1.54, 1.807) is 0 Å². The van der Waals surface area contributed by atoms with E-state index in [0.29, 0.717) is 22.0 Å². The average molecular weight is 407 g/mol. The molecule has 0 unspecified atom stereocenters. The number of aromatic nitrogens is 2. The van der Waals surface area contributed by atoms with Crippen LogP contribution in [0.4, 0.5) is 8.78 Å². The van der Waals surface area contributed by atoms with Crippen molar-refractivity contribution in [1.82, 2.24) is 9.78 Å². The second-order valence-corrected chi connectivity index (χ2v) is 8.81. The number of rotatable bonds is 3. The van der Waals surface area contributed by atoms with E-state index in [-0.39, 0.29) is 10.6 Å². The molecule has 140 valence electrons. The van der Waals surface area contributed by atoms with E-state index < -0.39 is 16.4 Å². The number of hydrogen-bond acceptors (Lipinski definition) is 4. The normalized spacial score (nSPS) is 13.5. The molecule has 4 rings (SSSR count). The van der Waals surface area contributed by atoms with Crippen molar-refractivity contribution in [2.45, 2.75) is 28.9 Å². The molecule has 1 aromatic heterocycles. The first-order valence-electron chi connectivity index (χ1n) is 8.02. The summed E-state index contributed by atoms with van der Waals surface area (Å²) in [6, 6.07) is 11.6. The van der Waals surface area contributed by atoms with Gasteiger partial charge in [0.1, 0.15) is 5.69 Å². The molecule has 3 aromatic rings. The minimum Gasteiger partial charge on any atom is -0.231 e. The lowest BCUT2D eigenvalue weighted by Crippen LogP contribution is -2.12. The maximum absolute atomic E-state index is 13.6. The number of hydrogen-bond donors (Lipinski definition) is 1. The molecular formula is C18H15F2N3O2S2. The Bertz CT molecular complexity index is 1140. The molecule has 2 aromatic carbocycles. The zero-order chi connectivity index (χ0) is 19.3. The molecule has 9 heteroatoms. The lowest BCUT2D eigenvalue weighted by atomic mass is 10.0. The van der Waals surface area contributed by atoms with Crippen LogP contribution in [-0.2, 0) is 15.8 Å². The highest BCUT2D eigenvalue weighted by Crippen LogP contribution is 2.46. The molecule has 0 saturated heterocycles. The van der Waals surface area contributed by atoms with Crippen molar-refractivity contribution < 1.29 is 17.2 Å². The van der Waals surface area contributed by atoms with E-state index in [1.165, 1.54) is 40.7 Å². The third kappa shape index (κ3) is 3.15. The second-order valence-electron chi connectivity index (χ2n) is 6.26. The van der Waals surface area contributed by atoms with Crippen LogP contribution in [0.3, 0.4) is 0 Å². The van der Waals surface area contributed by atoms with Gasteiger partial charge in [0, 0.05) is 11.3 Å². The number of halogens is 2. The predicted octanol–water partition coefficient (Wildman–Crippen LogP) is 4.04. The minimum absolute atomic E-state index is 0.0493. The summed E-state index contributed by atoms with van der Waals surface area (Å²) in [7, 11) is -3.83. The van der Waals surface area contributed by atoms with Gasteiger partial charge in [0.25, 0.3) is 6.43 Å². The van der Waals surface area contributed by atoms with Gasteiger partial charge in [0.2, 0.25) is 10.0 Å². The first-order chi connectivity index (χ1) is 12.8. The third-order valence-electron chi connectivity index (χ3n) is 4.37. The number of primary sulfonamides is 1. The second kappa shape index (κ2) is 6.43. The fraction of sp³-hybridized carbons (Fsp3) is 0.167. The average Bonchev–Trinajstić information content (AvgIpc) is 3.01. The Hall–Kier alpha value is -2.23. The molecule has 0 atom stereocenters. The Morgan fingerprint density at radius 2 is 1.89 bits per heavy atom. The van der Waals surface area contributed by atoms with Crippen molar-refractivity contribution in [3.05, 3.63) is 59.3 Å². The molecule has 0 amide bonds. The monoisotopic (exact) mass is 407 g/mol. The number of fused-ring (bicyclic) bond motifs is 3. The number of alkyl halides is 2. The van der Waals surface area contributed by atoms with Crippen molar-refractivity contribution in [3.63, 3.8) is 0 Å². The molecule has 1 aliphatic heterocycles. The minimum atomic E-state index is -3.83. The largest absolute Gasteiger partial charge is 0.283 e. The Kier molecular flexibility index (Phi) is 4.32. The molecular weight excluding hydrogens is 392 g/mol. The first kappa shape index (κ1) is 18.1. The molecule has 0 spiro atoms. The van der Waals surface area contributed by atoms with Gasteiger partial charge in [-0.2, -0.15) is 5.10 Å². The van der Waals surface area contributed by atoms with Crippen molar-refractivity contribution in [2.24, 2.45) is 5.14 Å². The van der Waals surface area contributed by atoms with Crippen LogP contribution in [0, 0.1) is 6.92 Å². The lowest BCUT2D eigenvalue weighted by Gasteiger charge is -2.19. The highest BCUT2D eigenvalue weighted by molar-refractivity contribution is 7.98. The van der Waals surface area contributed by atoms with Gasteiger partial charge in [0.05, 0.1) is 21.2 Å². The number of nitrogens with two attached hydrogens (primary N) is 1. The zero-order valence-electron chi connectivity index (χ0n) is 14.2. The van der Waals surface area contributed by atoms with E-state index in [9.17, 15) is 17.2 Å². The number of thioether (sulfide) groups is 1. The van der Waals surface area contributed by atoms with Crippen LogP contribution in [0.15, 0.2) is 52.3 Å². The van der Waals surface area contributed by atoms with Gasteiger partial charge in [0.15, 0.2) is 0 Å². The summed E-state index contributed by atoms with van der Waals surface area (Å²) in [5.41, 5.74) is 3.81. The smallest absolute Gasteiger partial charge is 0.231 e. The van der Waals surface area contributed by atoms with Crippen LogP contribution < -0.4 is 5.14 Å². The summed E-state index contributed by atoms with van der Waals surface area (Å²) in [4.78, 5) is 0.406. The molecule has 1 aliphatic rings. The van der Waals surface area contributed by atoms with Gasteiger partial charge >= 0.3 is 0 Å². The van der Waals surface area contributed by atoms with Gasteiger partial charge in [-0.1, -0.05) is 23.8 Å². The lowest BCUT2D eigenvalue weighted by molar-refractivity contribution is 0.142. The summed E-state index contributed by atoms with van der Waals surface area (Å²) >= 11 is 1.34. The molecule has 27 heavy (non-hydrogen) atoms. The van der Waals surface area contributed by atoms with Crippen molar-refractivity contribution in [2.75, 3.05) is 0 Å². The summed E-state index contributed by atoms with van der Waals surface area (Å²) in [5.74, 6) is 0.597. The van der Waals surface area contributed by atoms with Gasteiger partial charge in [-0.05, 0) is 36.8 Å². The van der Waals surface area contributed by atoms with Crippen LogP contribution >= 0.6 is 11.8 Å². The van der Waals surface area contributed by atoms with Gasteiger partial charge in [-0.3, -0.25) is 0 Å². The van der Waals surface area contributed by atoms with Crippen LogP contribution in [0.25, 0.3) is 16.9 Å². The van der Waals surface area contributed by atoms with Crippen molar-refractivity contribution in [3.8, 4) is 16.9 Å². The van der Waals surface area contributed by atoms with Gasteiger partial charge in [-0.25, -0.2) is 27.0 Å². The molecule has 2 heterocycles. The van der Waals surface area contributed by atoms with Crippen molar-refractivity contribution >= 4 is 21.8 Å². The Balaban J connectivity index is 1.94. The quantitative estimate of drug-likeness (QED) is 0.711. The molecule has 0 aliphatic carbocycles. The topological polar surface area (TPSA) is 78.0 Å². The summed E-state index contributed by atoms with van der Waals surface area (Å²) < 4.78 is 51.5. The molecule has 0 saturated carbocycles. The highest BCUT2D eigenvalue weighted by Gasteiger charge is 2.30. The van der Waals surface area contributed by atoms with Crippen LogP contribution in [-0.4, -0.2) is 18.2 Å². The molecule has 2 N–H and O–H groups in total. The molecule has 0 fully saturated rings. The molecule has 5 nitrogen and oxygen atoms in total. The number of sulfonamides is 1. The van der Waals surface area contributed by atoms with E-state index >= 15 is 0 Å². The van der Waals surface area contributed by atoms with Gasteiger partial charge < -0.3 is 0 Å². The number of aryl methyl sites for hydroxylation is 1. The first-order valence-corrected chi connectivity index (χ1v) is 10.6. The summed E-state index contributed by atoms with van der Waals surface area (Å²) in [6.07, 6.45) is -2.71. The van der Waals surface area contributed by atoms with Gasteiger partial charge in [-0.15, -0.1) is 11.8 Å². The fourth-order valence-corrected chi connectivity index (χ4v) is 4.79. The summed E-state index contributed by atoms with van der Waals surface area (Å²) in [5, 5.41) is 9.26. The van der Waals surface area contributed by atoms with E-state index in [0.717, 1.165) is 16.7 Å². The van der Waals surface area contributed by atoms with Crippen LogP contribution in [0.5, 0.6) is 0 Å². The highest BCUT2D eigenvalue weighted by atomic mass is 32.2. The number of benzene rings is 2. The SMILES string of the molecule is Cc1ccc2c(c1)CSc1c(C(F)F)nn(-c3ccc(S(N)(=O)=O)cc3)c1-2. The third-order valence-corrected chi connectivity index (χ3v) is 6.45. The van der Waals surface area contributed by atoms with Crippen LogP contribution in [0.1, 0.15) is 23.2 Å². The predicted molar refractivity (Wildman–Crippen MR) is 99.6 cm³/mol. The zero-order valence-corrected chi connectivity index (χ0v) is 15.8. The summed E-state index contributed by atoms with van der Waals surface area (Å²) in [6.45, 7) is 1.98. The van der Waals surface area contributed by atoms with E-state index in [1.807, 2.05) is 25.1 Å². The Labute approximate surface area is 159 Å². The standard InChI is InChI=1S/C18H15F2N3O2S2/c1-10-2-7-14-11(8-10)9-26-17-15(18(19)20)22-23(16(14)17)12-3-5-13(6-4-12)27(21,24)25/h2-8,18H,9H2,1H3,(H2,21,24,25). The number of nitrogens with zero attached hydrogens (tertiary/aromatic N) is 2. The van der Waals surface area contributed by atoms with E-state index in [2.05, 4.69) is 5.10 Å². The maximum Gasteiger partial charge on any atom is 0.283 e.